The van der Waals surface area contributed by atoms with Gasteiger partial charge in [-0.1, -0.05) is 43.5 Å². The van der Waals surface area contributed by atoms with Crippen LogP contribution in [0.5, 0.6) is 11.5 Å². The van der Waals surface area contributed by atoms with Crippen LogP contribution in [0.4, 0.5) is 5.69 Å². The lowest BCUT2D eigenvalue weighted by Gasteiger charge is -2.12. The van der Waals surface area contributed by atoms with E-state index in [1.807, 2.05) is 32.0 Å². The van der Waals surface area contributed by atoms with Gasteiger partial charge in [-0.25, -0.2) is 0 Å². The molecule has 0 saturated heterocycles. The highest BCUT2D eigenvalue weighted by Gasteiger charge is 2.07. The molecule has 0 bridgehead atoms. The Morgan fingerprint density at radius 2 is 1.75 bits per heavy atom. The minimum atomic E-state index is -0.158. The number of hydrogen-bond donors (Lipinski definition) is 1. The Balaban J connectivity index is 2.04. The number of methoxy groups -OCH3 is 1. The Hall–Kier alpha value is -2.75. The van der Waals surface area contributed by atoms with Crippen molar-refractivity contribution in [3.05, 3.63) is 58.7 Å². The summed E-state index contributed by atoms with van der Waals surface area (Å²) in [5.41, 5.74) is 5.06. The molecular formula is C24H31NO3. The third-order valence-electron chi connectivity index (χ3n) is 4.55. The second kappa shape index (κ2) is 10.5. The van der Waals surface area contributed by atoms with Crippen molar-refractivity contribution in [3.63, 3.8) is 0 Å². The van der Waals surface area contributed by atoms with Crippen molar-refractivity contribution >= 4 is 17.7 Å². The molecular weight excluding hydrogens is 350 g/mol. The molecule has 0 aromatic heterocycles. The van der Waals surface area contributed by atoms with Gasteiger partial charge in [0, 0.05) is 11.8 Å². The Labute approximate surface area is 168 Å². The Morgan fingerprint density at radius 3 is 2.39 bits per heavy atom. The quantitative estimate of drug-likeness (QED) is 0.438. The van der Waals surface area contributed by atoms with E-state index >= 15 is 0 Å². The molecule has 0 unspecified atom stereocenters. The Morgan fingerprint density at radius 1 is 1.04 bits per heavy atom. The normalized spacial score (nSPS) is 10.9. The molecule has 0 atom stereocenters. The zero-order chi connectivity index (χ0) is 20.5. The molecule has 0 saturated carbocycles. The second-order valence-corrected chi connectivity index (χ2v) is 7.06. The molecule has 0 aliphatic carbocycles. The zero-order valence-electron chi connectivity index (χ0n) is 17.6. The molecule has 0 aliphatic rings. The Bertz CT molecular complexity index is 817. The van der Waals surface area contributed by atoms with E-state index in [0.29, 0.717) is 12.4 Å². The summed E-state index contributed by atoms with van der Waals surface area (Å²) in [5.74, 6) is 1.24. The van der Waals surface area contributed by atoms with Gasteiger partial charge in [0.25, 0.3) is 0 Å². The number of carbonyl (C=O) groups is 1. The molecule has 2 rings (SSSR count). The Kier molecular flexibility index (Phi) is 8.12. The fourth-order valence-electron chi connectivity index (χ4n) is 3.16. The van der Waals surface area contributed by atoms with Crippen LogP contribution >= 0.6 is 0 Å². The van der Waals surface area contributed by atoms with Crippen LogP contribution in [0.3, 0.4) is 0 Å². The maximum Gasteiger partial charge on any atom is 0.248 e. The van der Waals surface area contributed by atoms with E-state index in [-0.39, 0.29) is 5.91 Å². The van der Waals surface area contributed by atoms with E-state index in [4.69, 9.17) is 9.47 Å². The first-order chi connectivity index (χ1) is 13.4. The predicted octanol–water partition coefficient (Wildman–Crippen LogP) is 5.84. The van der Waals surface area contributed by atoms with Crippen LogP contribution in [-0.4, -0.2) is 19.6 Å². The van der Waals surface area contributed by atoms with E-state index in [2.05, 4.69) is 31.3 Å². The van der Waals surface area contributed by atoms with Crippen molar-refractivity contribution < 1.29 is 14.3 Å². The molecule has 2 aromatic rings. The van der Waals surface area contributed by atoms with Gasteiger partial charge in [0.2, 0.25) is 5.91 Å². The SMILES string of the molecule is CCCCCOc1ccc(/C=C/C(=O)Nc2c(C)cc(C)cc2C)cc1OC. The van der Waals surface area contributed by atoms with Crippen molar-refractivity contribution in [2.45, 2.75) is 47.0 Å². The molecule has 0 aliphatic heterocycles. The highest BCUT2D eigenvalue weighted by atomic mass is 16.5. The van der Waals surface area contributed by atoms with Crippen LogP contribution in [0.25, 0.3) is 6.08 Å². The van der Waals surface area contributed by atoms with Crippen molar-refractivity contribution in [1.82, 2.24) is 0 Å². The lowest BCUT2D eigenvalue weighted by atomic mass is 10.1. The highest BCUT2D eigenvalue weighted by Crippen LogP contribution is 2.29. The van der Waals surface area contributed by atoms with Crippen LogP contribution in [0.1, 0.15) is 48.4 Å². The molecule has 0 radical (unpaired) electrons. The standard InChI is InChI=1S/C24H31NO3/c1-6-7-8-13-28-21-11-9-20(16-22(21)27-5)10-12-23(26)25-24-18(3)14-17(2)15-19(24)4/h9-12,14-16H,6-8,13H2,1-5H3,(H,25,26)/b12-10+. The predicted molar refractivity (Wildman–Crippen MR) is 116 cm³/mol. The molecule has 1 amide bonds. The number of ether oxygens (including phenoxy) is 2. The number of anilines is 1. The van der Waals surface area contributed by atoms with E-state index in [1.54, 1.807) is 13.2 Å². The maximum atomic E-state index is 12.3. The smallest absolute Gasteiger partial charge is 0.248 e. The maximum absolute atomic E-state index is 12.3. The van der Waals surface area contributed by atoms with Crippen molar-refractivity contribution in [3.8, 4) is 11.5 Å². The second-order valence-electron chi connectivity index (χ2n) is 7.06. The summed E-state index contributed by atoms with van der Waals surface area (Å²) in [6.07, 6.45) is 6.65. The highest BCUT2D eigenvalue weighted by molar-refractivity contribution is 6.02. The zero-order valence-corrected chi connectivity index (χ0v) is 17.6. The summed E-state index contributed by atoms with van der Waals surface area (Å²) in [4.78, 5) is 12.3. The van der Waals surface area contributed by atoms with Gasteiger partial charge in [-0.05, 0) is 62.1 Å². The van der Waals surface area contributed by atoms with Crippen LogP contribution < -0.4 is 14.8 Å². The van der Waals surface area contributed by atoms with E-state index in [9.17, 15) is 4.79 Å². The van der Waals surface area contributed by atoms with Gasteiger partial charge in [-0.2, -0.15) is 0 Å². The average molecular weight is 382 g/mol. The number of carbonyl (C=O) groups excluding carboxylic acids is 1. The van der Waals surface area contributed by atoms with Crippen molar-refractivity contribution in [2.75, 3.05) is 19.0 Å². The molecule has 4 nitrogen and oxygen atoms in total. The number of rotatable bonds is 9. The summed E-state index contributed by atoms with van der Waals surface area (Å²) in [6.45, 7) is 8.90. The molecule has 0 fully saturated rings. The van der Waals surface area contributed by atoms with Gasteiger partial charge in [0.1, 0.15) is 0 Å². The first-order valence-corrected chi connectivity index (χ1v) is 9.82. The summed E-state index contributed by atoms with van der Waals surface area (Å²) < 4.78 is 11.2. The fourth-order valence-corrected chi connectivity index (χ4v) is 3.16. The van der Waals surface area contributed by atoms with E-state index < -0.39 is 0 Å². The first kappa shape index (κ1) is 21.5. The molecule has 2 aromatic carbocycles. The molecule has 28 heavy (non-hydrogen) atoms. The summed E-state index contributed by atoms with van der Waals surface area (Å²) >= 11 is 0. The molecule has 1 N–H and O–H groups in total. The van der Waals surface area contributed by atoms with Gasteiger partial charge < -0.3 is 14.8 Å². The lowest BCUT2D eigenvalue weighted by molar-refractivity contribution is -0.111. The molecule has 0 heterocycles. The first-order valence-electron chi connectivity index (χ1n) is 9.82. The largest absolute Gasteiger partial charge is 0.493 e. The lowest BCUT2D eigenvalue weighted by Crippen LogP contribution is -2.10. The van der Waals surface area contributed by atoms with E-state index in [0.717, 1.165) is 47.4 Å². The van der Waals surface area contributed by atoms with Gasteiger partial charge in [0.15, 0.2) is 11.5 Å². The monoisotopic (exact) mass is 381 g/mol. The van der Waals surface area contributed by atoms with Gasteiger partial charge in [0.05, 0.1) is 13.7 Å². The van der Waals surface area contributed by atoms with Gasteiger partial charge >= 0.3 is 0 Å². The fraction of sp³-hybridized carbons (Fsp3) is 0.375. The number of benzene rings is 2. The minimum Gasteiger partial charge on any atom is -0.493 e. The van der Waals surface area contributed by atoms with Gasteiger partial charge in [-0.15, -0.1) is 0 Å². The van der Waals surface area contributed by atoms with Crippen LogP contribution in [0, 0.1) is 20.8 Å². The van der Waals surface area contributed by atoms with Crippen LogP contribution in [0.15, 0.2) is 36.4 Å². The third-order valence-corrected chi connectivity index (χ3v) is 4.55. The minimum absolute atomic E-state index is 0.158. The number of aryl methyl sites for hydroxylation is 3. The number of hydrogen-bond acceptors (Lipinski definition) is 3. The topological polar surface area (TPSA) is 47.6 Å². The summed E-state index contributed by atoms with van der Waals surface area (Å²) in [5, 5.41) is 2.97. The van der Waals surface area contributed by atoms with Crippen LogP contribution in [-0.2, 0) is 4.79 Å². The molecule has 0 spiro atoms. The molecule has 4 heteroatoms. The van der Waals surface area contributed by atoms with Crippen molar-refractivity contribution in [1.29, 1.82) is 0 Å². The summed E-state index contributed by atoms with van der Waals surface area (Å²) in [6, 6.07) is 9.81. The third kappa shape index (κ3) is 6.15. The van der Waals surface area contributed by atoms with Crippen LogP contribution in [0.2, 0.25) is 0 Å². The van der Waals surface area contributed by atoms with E-state index in [1.165, 1.54) is 11.6 Å². The van der Waals surface area contributed by atoms with Gasteiger partial charge in [-0.3, -0.25) is 4.79 Å². The number of unbranched alkanes of at least 4 members (excludes halogenated alkanes) is 2. The average Bonchev–Trinajstić information content (AvgIpc) is 2.66. The van der Waals surface area contributed by atoms with Crippen molar-refractivity contribution in [2.24, 2.45) is 0 Å². The molecule has 150 valence electrons. The summed E-state index contributed by atoms with van der Waals surface area (Å²) in [7, 11) is 1.62. The number of nitrogens with one attached hydrogen (secondary N) is 1. The number of amides is 1.